The number of carbonyl (C=O) groups is 1. The first kappa shape index (κ1) is 10.5. The first-order valence-electron chi connectivity index (χ1n) is 4.62. The topological polar surface area (TPSA) is 64.3 Å². The quantitative estimate of drug-likeness (QED) is 0.642. The molecular weight excluding hydrogens is 307 g/mol. The summed E-state index contributed by atoms with van der Waals surface area (Å²) in [6.45, 7) is 0.444. The maximum atomic E-state index is 10.8. The molecule has 1 aliphatic heterocycles. The molecule has 1 atom stereocenters. The number of nitrogens with two attached hydrogens (primary N) is 1. The Balaban J connectivity index is 2.05. The van der Waals surface area contributed by atoms with Gasteiger partial charge in [0.25, 0.3) is 0 Å². The second-order valence-electron chi connectivity index (χ2n) is 3.50. The number of nitrogen functional groups attached to an aromatic ring is 1. The Morgan fingerprint density at radius 2 is 2.40 bits per heavy atom. The summed E-state index contributed by atoms with van der Waals surface area (Å²) in [6, 6.07) is 5.97. The van der Waals surface area contributed by atoms with Gasteiger partial charge in [0, 0.05) is 9.26 Å². The molecule has 1 amide bonds. The van der Waals surface area contributed by atoms with Gasteiger partial charge in [-0.3, -0.25) is 0 Å². The molecule has 0 bridgehead atoms. The van der Waals surface area contributed by atoms with Gasteiger partial charge in [-0.1, -0.05) is 6.07 Å². The number of carbonyl (C=O) groups excluding carboxylic acids is 1. The van der Waals surface area contributed by atoms with Gasteiger partial charge in [-0.15, -0.1) is 0 Å². The molecule has 0 saturated carbocycles. The van der Waals surface area contributed by atoms with Crippen LogP contribution in [0.1, 0.15) is 5.56 Å². The summed E-state index contributed by atoms with van der Waals surface area (Å²) < 4.78 is 5.85. The van der Waals surface area contributed by atoms with Gasteiger partial charge in [-0.2, -0.15) is 0 Å². The van der Waals surface area contributed by atoms with Crippen LogP contribution < -0.4 is 11.1 Å². The van der Waals surface area contributed by atoms with E-state index in [9.17, 15) is 4.79 Å². The van der Waals surface area contributed by atoms with Gasteiger partial charge in [0.15, 0.2) is 0 Å². The predicted molar refractivity (Wildman–Crippen MR) is 65.5 cm³/mol. The summed E-state index contributed by atoms with van der Waals surface area (Å²) in [5, 5.41) is 2.74. The van der Waals surface area contributed by atoms with E-state index in [0.717, 1.165) is 21.2 Å². The van der Waals surface area contributed by atoms with E-state index in [0.29, 0.717) is 6.61 Å². The molecule has 1 fully saturated rings. The lowest BCUT2D eigenvalue weighted by Gasteiger charge is -2.08. The maximum absolute atomic E-state index is 10.8. The van der Waals surface area contributed by atoms with Crippen LogP contribution in [0, 0.1) is 3.57 Å². The van der Waals surface area contributed by atoms with E-state index in [4.69, 9.17) is 10.5 Å². The highest BCUT2D eigenvalue weighted by atomic mass is 127. The number of rotatable bonds is 2. The molecule has 4 nitrogen and oxygen atoms in total. The van der Waals surface area contributed by atoms with Crippen molar-refractivity contribution in [1.82, 2.24) is 5.32 Å². The van der Waals surface area contributed by atoms with Crippen LogP contribution >= 0.6 is 22.6 Å². The fourth-order valence-corrected chi connectivity index (χ4v) is 2.10. The van der Waals surface area contributed by atoms with Crippen LogP contribution in [0.3, 0.4) is 0 Å². The Morgan fingerprint density at radius 3 is 3.00 bits per heavy atom. The number of hydrogen-bond acceptors (Lipinski definition) is 3. The highest BCUT2D eigenvalue weighted by Crippen LogP contribution is 2.18. The zero-order valence-corrected chi connectivity index (χ0v) is 10.2. The van der Waals surface area contributed by atoms with Gasteiger partial charge in [0.05, 0.1) is 6.04 Å². The molecule has 5 heteroatoms. The Hall–Kier alpha value is -0.980. The van der Waals surface area contributed by atoms with E-state index in [1.165, 1.54) is 0 Å². The summed E-state index contributed by atoms with van der Waals surface area (Å²) in [7, 11) is 0. The summed E-state index contributed by atoms with van der Waals surface area (Å²) in [5.41, 5.74) is 7.66. The fraction of sp³-hybridized carbons (Fsp3) is 0.300. The van der Waals surface area contributed by atoms with Crippen LogP contribution in [0.5, 0.6) is 0 Å². The SMILES string of the molecule is Nc1ccc(C[C@H]2COC(=O)N2)cc1I. The molecule has 0 radical (unpaired) electrons. The number of benzene rings is 1. The number of nitrogens with one attached hydrogen (secondary N) is 1. The Morgan fingerprint density at radius 1 is 1.60 bits per heavy atom. The molecule has 0 spiro atoms. The van der Waals surface area contributed by atoms with Gasteiger partial charge >= 0.3 is 6.09 Å². The molecule has 1 aromatic rings. The second kappa shape index (κ2) is 4.26. The minimum absolute atomic E-state index is 0.0805. The van der Waals surface area contributed by atoms with Crippen molar-refractivity contribution in [2.45, 2.75) is 12.5 Å². The van der Waals surface area contributed by atoms with Gasteiger partial charge < -0.3 is 15.8 Å². The number of ether oxygens (including phenoxy) is 1. The number of amides is 1. The number of hydrogen-bond donors (Lipinski definition) is 2. The molecule has 1 saturated heterocycles. The maximum Gasteiger partial charge on any atom is 0.407 e. The minimum Gasteiger partial charge on any atom is -0.447 e. The van der Waals surface area contributed by atoms with Crippen molar-refractivity contribution in [2.24, 2.45) is 0 Å². The Kier molecular flexibility index (Phi) is 2.99. The lowest BCUT2D eigenvalue weighted by atomic mass is 10.1. The second-order valence-corrected chi connectivity index (χ2v) is 4.66. The van der Waals surface area contributed by atoms with E-state index < -0.39 is 0 Å². The fourth-order valence-electron chi connectivity index (χ4n) is 1.52. The lowest BCUT2D eigenvalue weighted by molar-refractivity contribution is 0.177. The first-order valence-corrected chi connectivity index (χ1v) is 5.70. The minimum atomic E-state index is -0.329. The van der Waals surface area contributed by atoms with E-state index in [1.54, 1.807) is 0 Å². The van der Waals surface area contributed by atoms with Crippen molar-refractivity contribution >= 4 is 34.4 Å². The third-order valence-electron chi connectivity index (χ3n) is 2.28. The van der Waals surface area contributed by atoms with Crippen LogP contribution in [0.25, 0.3) is 0 Å². The van der Waals surface area contributed by atoms with E-state index in [-0.39, 0.29) is 12.1 Å². The zero-order chi connectivity index (χ0) is 10.8. The van der Waals surface area contributed by atoms with Crippen LogP contribution in [-0.2, 0) is 11.2 Å². The molecule has 1 aliphatic rings. The van der Waals surface area contributed by atoms with Crippen LogP contribution in [0.2, 0.25) is 0 Å². The molecule has 0 unspecified atom stereocenters. The molecular formula is C10H11IN2O2. The molecule has 0 aliphatic carbocycles. The average molecular weight is 318 g/mol. The number of anilines is 1. The Bertz CT molecular complexity index is 395. The van der Waals surface area contributed by atoms with Crippen molar-refractivity contribution in [2.75, 3.05) is 12.3 Å². The largest absolute Gasteiger partial charge is 0.447 e. The van der Waals surface area contributed by atoms with Crippen LogP contribution in [0.4, 0.5) is 10.5 Å². The van der Waals surface area contributed by atoms with Gasteiger partial charge in [0.2, 0.25) is 0 Å². The first-order chi connectivity index (χ1) is 7.15. The van der Waals surface area contributed by atoms with Crippen molar-refractivity contribution < 1.29 is 9.53 Å². The standard InChI is InChI=1S/C10H11IN2O2/c11-8-4-6(1-2-9(8)12)3-7-5-15-10(14)13-7/h1-2,4,7H,3,5,12H2,(H,13,14)/t7-/m0/s1. The average Bonchev–Trinajstić information content (AvgIpc) is 2.58. The summed E-state index contributed by atoms with van der Waals surface area (Å²) in [4.78, 5) is 10.8. The number of alkyl carbamates (subject to hydrolysis) is 1. The molecule has 2 rings (SSSR count). The molecule has 3 N–H and O–H groups in total. The van der Waals surface area contributed by atoms with E-state index in [1.807, 2.05) is 18.2 Å². The normalized spacial score (nSPS) is 19.8. The number of halogens is 1. The number of cyclic esters (lactones) is 1. The van der Waals surface area contributed by atoms with Crippen molar-refractivity contribution in [3.8, 4) is 0 Å². The monoisotopic (exact) mass is 318 g/mol. The van der Waals surface area contributed by atoms with E-state index in [2.05, 4.69) is 27.9 Å². The molecule has 15 heavy (non-hydrogen) atoms. The predicted octanol–water partition coefficient (Wildman–Crippen LogP) is 1.52. The van der Waals surface area contributed by atoms with Gasteiger partial charge in [-0.05, 0) is 46.7 Å². The summed E-state index contributed by atoms with van der Waals surface area (Å²) in [5.74, 6) is 0. The van der Waals surface area contributed by atoms with Crippen LogP contribution in [-0.4, -0.2) is 18.7 Å². The third kappa shape index (κ3) is 2.53. The highest BCUT2D eigenvalue weighted by Gasteiger charge is 2.22. The van der Waals surface area contributed by atoms with E-state index >= 15 is 0 Å². The zero-order valence-electron chi connectivity index (χ0n) is 8.00. The molecule has 80 valence electrons. The molecule has 0 aromatic heterocycles. The van der Waals surface area contributed by atoms with Crippen molar-refractivity contribution in [3.63, 3.8) is 0 Å². The summed E-state index contributed by atoms with van der Waals surface area (Å²) in [6.07, 6.45) is 0.451. The van der Waals surface area contributed by atoms with Gasteiger partial charge in [-0.25, -0.2) is 4.79 Å². The highest BCUT2D eigenvalue weighted by molar-refractivity contribution is 14.1. The van der Waals surface area contributed by atoms with Crippen molar-refractivity contribution in [1.29, 1.82) is 0 Å². The summed E-state index contributed by atoms with van der Waals surface area (Å²) >= 11 is 2.20. The molecule has 1 aromatic carbocycles. The molecule has 1 heterocycles. The third-order valence-corrected chi connectivity index (χ3v) is 3.22. The smallest absolute Gasteiger partial charge is 0.407 e. The van der Waals surface area contributed by atoms with Gasteiger partial charge in [0.1, 0.15) is 6.61 Å². The van der Waals surface area contributed by atoms with Crippen molar-refractivity contribution in [3.05, 3.63) is 27.3 Å². The lowest BCUT2D eigenvalue weighted by Crippen LogP contribution is -2.28. The van der Waals surface area contributed by atoms with Crippen LogP contribution in [0.15, 0.2) is 18.2 Å². The Labute approximate surface area is 101 Å².